The quantitative estimate of drug-likeness (QED) is 0.655. The summed E-state index contributed by atoms with van der Waals surface area (Å²) in [7, 11) is 1.68. The molecule has 0 saturated heterocycles. The first-order valence-corrected chi connectivity index (χ1v) is 7.88. The minimum atomic E-state index is -0.320. The third-order valence-electron chi connectivity index (χ3n) is 3.19. The highest BCUT2D eigenvalue weighted by molar-refractivity contribution is 7.11. The number of rotatable bonds is 5. The monoisotopic (exact) mass is 321 g/mol. The van der Waals surface area contributed by atoms with Crippen LogP contribution in [0.25, 0.3) is 0 Å². The van der Waals surface area contributed by atoms with Gasteiger partial charge in [-0.15, -0.1) is 11.3 Å². The first kappa shape index (κ1) is 16.4. The number of guanidine groups is 1. The summed E-state index contributed by atoms with van der Waals surface area (Å²) in [5, 5.41) is 7.35. The van der Waals surface area contributed by atoms with E-state index in [9.17, 15) is 4.39 Å². The van der Waals surface area contributed by atoms with Gasteiger partial charge in [-0.1, -0.05) is 0 Å². The van der Waals surface area contributed by atoms with Crippen LogP contribution in [-0.2, 0) is 13.0 Å². The van der Waals surface area contributed by atoms with Gasteiger partial charge in [-0.3, -0.25) is 9.98 Å². The third-order valence-corrected chi connectivity index (χ3v) is 4.32. The van der Waals surface area contributed by atoms with Gasteiger partial charge in [0.15, 0.2) is 5.96 Å². The lowest BCUT2D eigenvalue weighted by Gasteiger charge is -2.11. The van der Waals surface area contributed by atoms with Crippen LogP contribution >= 0.6 is 11.3 Å². The molecule has 2 aromatic heterocycles. The van der Waals surface area contributed by atoms with Crippen molar-refractivity contribution in [1.29, 1.82) is 0 Å². The number of pyridine rings is 1. The van der Waals surface area contributed by atoms with Crippen molar-refractivity contribution < 1.29 is 4.39 Å². The average Bonchev–Trinajstić information content (AvgIpc) is 2.82. The number of thiazole rings is 1. The average molecular weight is 321 g/mol. The number of hydrogen-bond donors (Lipinski definition) is 2. The van der Waals surface area contributed by atoms with Crippen LogP contribution in [0.3, 0.4) is 0 Å². The minimum Gasteiger partial charge on any atom is -0.356 e. The number of nitrogens with one attached hydrogen (secondary N) is 2. The van der Waals surface area contributed by atoms with Crippen LogP contribution < -0.4 is 10.6 Å². The topological polar surface area (TPSA) is 62.2 Å². The normalized spacial score (nSPS) is 11.5. The Morgan fingerprint density at radius 3 is 2.82 bits per heavy atom. The number of nitrogens with zero attached hydrogens (tertiary/aromatic N) is 3. The molecule has 7 heteroatoms. The van der Waals surface area contributed by atoms with E-state index in [1.807, 2.05) is 6.92 Å². The molecule has 0 aromatic carbocycles. The molecule has 0 aliphatic heterocycles. The lowest BCUT2D eigenvalue weighted by molar-refractivity contribution is 0.592. The van der Waals surface area contributed by atoms with Gasteiger partial charge in [-0.2, -0.15) is 0 Å². The second kappa shape index (κ2) is 7.84. The third kappa shape index (κ3) is 4.49. The Hall–Kier alpha value is -2.02. The maximum Gasteiger partial charge on any atom is 0.191 e. The SMILES string of the molecule is CN=C(NCCc1nc(C)c(C)s1)NCc1ncccc1F. The zero-order chi connectivity index (χ0) is 15.9. The van der Waals surface area contributed by atoms with Crippen molar-refractivity contribution in [3.8, 4) is 0 Å². The Bertz CT molecular complexity index is 634. The molecule has 0 fully saturated rings. The molecule has 0 spiro atoms. The second-order valence-electron chi connectivity index (χ2n) is 4.78. The molecule has 118 valence electrons. The van der Waals surface area contributed by atoms with Gasteiger partial charge in [0.05, 0.1) is 22.9 Å². The summed E-state index contributed by atoms with van der Waals surface area (Å²) in [6.07, 6.45) is 2.40. The highest BCUT2D eigenvalue weighted by Crippen LogP contribution is 2.16. The molecule has 0 amide bonds. The van der Waals surface area contributed by atoms with E-state index in [-0.39, 0.29) is 5.82 Å². The van der Waals surface area contributed by atoms with Crippen LogP contribution in [0.15, 0.2) is 23.3 Å². The van der Waals surface area contributed by atoms with Gasteiger partial charge < -0.3 is 10.6 Å². The molecule has 22 heavy (non-hydrogen) atoms. The highest BCUT2D eigenvalue weighted by Gasteiger charge is 2.06. The number of aromatic nitrogens is 2. The molecule has 0 radical (unpaired) electrons. The summed E-state index contributed by atoms with van der Waals surface area (Å²) in [6.45, 7) is 5.11. The van der Waals surface area contributed by atoms with Gasteiger partial charge in [-0.25, -0.2) is 9.37 Å². The molecular weight excluding hydrogens is 301 g/mol. The first-order valence-electron chi connectivity index (χ1n) is 7.07. The zero-order valence-corrected chi connectivity index (χ0v) is 13.8. The van der Waals surface area contributed by atoms with Crippen LogP contribution in [0.1, 0.15) is 21.3 Å². The Kier molecular flexibility index (Phi) is 5.83. The van der Waals surface area contributed by atoms with Crippen LogP contribution in [0, 0.1) is 19.7 Å². The van der Waals surface area contributed by atoms with Crippen LogP contribution in [0.2, 0.25) is 0 Å². The van der Waals surface area contributed by atoms with Crippen molar-refractivity contribution in [2.24, 2.45) is 4.99 Å². The standard InChI is InChI=1S/C15H20FN5S/c1-10-11(2)22-14(21-10)6-8-19-15(17-3)20-9-13-12(16)5-4-7-18-13/h4-5,7H,6,8-9H2,1-3H3,(H2,17,19,20). The van der Waals surface area contributed by atoms with E-state index < -0.39 is 0 Å². The molecule has 0 bridgehead atoms. The molecular formula is C15H20FN5S. The van der Waals surface area contributed by atoms with Gasteiger partial charge in [0.2, 0.25) is 0 Å². The van der Waals surface area contributed by atoms with Crippen molar-refractivity contribution in [2.75, 3.05) is 13.6 Å². The molecule has 2 aromatic rings. The molecule has 2 rings (SSSR count). The van der Waals surface area contributed by atoms with Crippen molar-refractivity contribution in [3.05, 3.63) is 45.4 Å². The van der Waals surface area contributed by atoms with E-state index in [1.54, 1.807) is 30.6 Å². The lowest BCUT2D eigenvalue weighted by Crippen LogP contribution is -2.38. The van der Waals surface area contributed by atoms with Gasteiger partial charge >= 0.3 is 0 Å². The van der Waals surface area contributed by atoms with Crippen molar-refractivity contribution in [2.45, 2.75) is 26.8 Å². The van der Waals surface area contributed by atoms with Gasteiger partial charge in [0, 0.05) is 31.1 Å². The number of halogens is 1. The fourth-order valence-corrected chi connectivity index (χ4v) is 2.80. The molecule has 2 heterocycles. The number of hydrogen-bond acceptors (Lipinski definition) is 4. The van der Waals surface area contributed by atoms with Crippen molar-refractivity contribution in [3.63, 3.8) is 0 Å². The lowest BCUT2D eigenvalue weighted by atomic mass is 10.3. The Morgan fingerprint density at radius 1 is 1.36 bits per heavy atom. The summed E-state index contributed by atoms with van der Waals surface area (Å²) in [5.74, 6) is 0.300. The summed E-state index contributed by atoms with van der Waals surface area (Å²) in [5.41, 5.74) is 1.46. The molecule has 5 nitrogen and oxygen atoms in total. The van der Waals surface area contributed by atoms with Crippen LogP contribution in [-0.4, -0.2) is 29.5 Å². The maximum atomic E-state index is 13.5. The molecule has 0 saturated carbocycles. The fraction of sp³-hybridized carbons (Fsp3) is 0.400. The smallest absolute Gasteiger partial charge is 0.191 e. The van der Waals surface area contributed by atoms with Crippen LogP contribution in [0.5, 0.6) is 0 Å². The van der Waals surface area contributed by atoms with Crippen molar-refractivity contribution >= 4 is 17.3 Å². The second-order valence-corrected chi connectivity index (χ2v) is 6.07. The Morgan fingerprint density at radius 2 is 2.18 bits per heavy atom. The van der Waals surface area contributed by atoms with Crippen molar-refractivity contribution in [1.82, 2.24) is 20.6 Å². The maximum absolute atomic E-state index is 13.5. The van der Waals surface area contributed by atoms with Gasteiger partial charge in [0.25, 0.3) is 0 Å². The van der Waals surface area contributed by atoms with E-state index in [0.29, 0.717) is 18.2 Å². The van der Waals surface area contributed by atoms with Crippen LogP contribution in [0.4, 0.5) is 4.39 Å². The minimum absolute atomic E-state index is 0.293. The first-order chi connectivity index (χ1) is 10.6. The summed E-state index contributed by atoms with van der Waals surface area (Å²) in [6, 6.07) is 2.97. The Labute approximate surface area is 133 Å². The summed E-state index contributed by atoms with van der Waals surface area (Å²) < 4.78 is 13.5. The number of aryl methyl sites for hydroxylation is 2. The Balaban J connectivity index is 1.79. The summed E-state index contributed by atoms with van der Waals surface area (Å²) in [4.78, 5) is 13.9. The van der Waals surface area contributed by atoms with E-state index in [0.717, 1.165) is 23.7 Å². The van der Waals surface area contributed by atoms with Gasteiger partial charge in [0.1, 0.15) is 5.82 Å². The zero-order valence-electron chi connectivity index (χ0n) is 13.0. The largest absolute Gasteiger partial charge is 0.356 e. The molecule has 2 N–H and O–H groups in total. The number of aliphatic imine (C=N–C) groups is 1. The molecule has 0 aliphatic rings. The fourth-order valence-electron chi connectivity index (χ4n) is 1.87. The van der Waals surface area contributed by atoms with E-state index in [2.05, 4.69) is 32.5 Å². The summed E-state index contributed by atoms with van der Waals surface area (Å²) >= 11 is 1.71. The highest BCUT2D eigenvalue weighted by atomic mass is 32.1. The van der Waals surface area contributed by atoms with E-state index >= 15 is 0 Å². The van der Waals surface area contributed by atoms with E-state index in [1.165, 1.54) is 10.9 Å². The van der Waals surface area contributed by atoms with E-state index in [4.69, 9.17) is 0 Å². The predicted molar refractivity (Wildman–Crippen MR) is 87.7 cm³/mol. The van der Waals surface area contributed by atoms with Gasteiger partial charge in [-0.05, 0) is 26.0 Å². The molecule has 0 aliphatic carbocycles. The predicted octanol–water partition coefficient (Wildman–Crippen LogP) is 2.20. The molecule has 0 atom stereocenters. The molecule has 0 unspecified atom stereocenters.